The van der Waals surface area contributed by atoms with Crippen LogP contribution in [-0.4, -0.2) is 13.1 Å². The Morgan fingerprint density at radius 1 is 1.33 bits per heavy atom. The quantitative estimate of drug-likeness (QED) is 0.896. The molecule has 1 heterocycles. The fourth-order valence-electron chi connectivity index (χ4n) is 2.54. The highest BCUT2D eigenvalue weighted by molar-refractivity contribution is 9.10. The highest BCUT2D eigenvalue weighted by Gasteiger charge is 2.23. The first-order valence-corrected chi connectivity index (χ1v) is 7.58. The first kappa shape index (κ1) is 13.9. The third kappa shape index (κ3) is 2.89. The van der Waals surface area contributed by atoms with Gasteiger partial charge in [0, 0.05) is 23.6 Å². The van der Waals surface area contributed by atoms with Gasteiger partial charge in [-0.15, -0.1) is 0 Å². The number of hydrogen-bond acceptors (Lipinski definition) is 2. The van der Waals surface area contributed by atoms with E-state index in [4.69, 9.17) is 5.73 Å². The molecule has 100 valence electrons. The lowest BCUT2D eigenvalue weighted by molar-refractivity contribution is 0.324. The molecule has 2 unspecified atom stereocenters. The zero-order chi connectivity index (χ0) is 13.3. The minimum atomic E-state index is 0.0932. The van der Waals surface area contributed by atoms with Crippen molar-refractivity contribution < 1.29 is 0 Å². The third-order valence-electron chi connectivity index (χ3n) is 4.17. The standard InChI is InChI=1S/C15H23BrN2/c1-10-6-7-18(9-11(10)2)15-5-4-13(12(3)17)8-14(15)16/h4-5,8,10-12H,6-7,9,17H2,1-3H3/t10?,11?,12-/m1/s1. The molecule has 0 aromatic heterocycles. The molecule has 1 aliphatic heterocycles. The fraction of sp³-hybridized carbons (Fsp3) is 0.600. The van der Waals surface area contributed by atoms with Crippen LogP contribution in [0.15, 0.2) is 22.7 Å². The molecule has 1 aromatic rings. The molecule has 18 heavy (non-hydrogen) atoms. The van der Waals surface area contributed by atoms with E-state index in [1.54, 1.807) is 0 Å². The van der Waals surface area contributed by atoms with Crippen LogP contribution in [0.1, 0.15) is 38.8 Å². The molecule has 1 aliphatic rings. The van der Waals surface area contributed by atoms with E-state index in [1.165, 1.54) is 22.1 Å². The van der Waals surface area contributed by atoms with E-state index in [2.05, 4.69) is 52.9 Å². The summed E-state index contributed by atoms with van der Waals surface area (Å²) in [6, 6.07) is 6.59. The van der Waals surface area contributed by atoms with E-state index >= 15 is 0 Å². The van der Waals surface area contributed by atoms with Crippen LogP contribution in [-0.2, 0) is 0 Å². The Kier molecular flexibility index (Phi) is 4.33. The maximum absolute atomic E-state index is 5.92. The SMILES string of the molecule is CC1CCN(c2ccc([C@@H](C)N)cc2Br)CC1C. The van der Waals surface area contributed by atoms with E-state index in [-0.39, 0.29) is 6.04 Å². The highest BCUT2D eigenvalue weighted by atomic mass is 79.9. The van der Waals surface area contributed by atoms with Gasteiger partial charge in [-0.1, -0.05) is 19.9 Å². The first-order chi connectivity index (χ1) is 8.49. The van der Waals surface area contributed by atoms with Crippen molar-refractivity contribution in [3.05, 3.63) is 28.2 Å². The summed E-state index contributed by atoms with van der Waals surface area (Å²) in [5.41, 5.74) is 8.41. The Morgan fingerprint density at radius 2 is 2.06 bits per heavy atom. The number of piperidine rings is 1. The normalized spacial score (nSPS) is 26.2. The predicted molar refractivity (Wildman–Crippen MR) is 81.9 cm³/mol. The Hall–Kier alpha value is -0.540. The molecule has 2 N–H and O–H groups in total. The molecule has 1 saturated heterocycles. The Bertz CT molecular complexity index is 417. The summed E-state index contributed by atoms with van der Waals surface area (Å²) < 4.78 is 1.17. The van der Waals surface area contributed by atoms with Gasteiger partial charge in [0.05, 0.1) is 5.69 Å². The number of rotatable bonds is 2. The molecule has 0 amide bonds. The molecular formula is C15H23BrN2. The van der Waals surface area contributed by atoms with E-state index in [1.807, 2.05) is 6.92 Å². The van der Waals surface area contributed by atoms with Gasteiger partial charge < -0.3 is 10.6 Å². The first-order valence-electron chi connectivity index (χ1n) is 6.79. The minimum absolute atomic E-state index is 0.0932. The summed E-state index contributed by atoms with van der Waals surface area (Å²) in [6.07, 6.45) is 1.28. The molecule has 0 saturated carbocycles. The summed E-state index contributed by atoms with van der Waals surface area (Å²) in [4.78, 5) is 2.49. The second kappa shape index (κ2) is 5.62. The predicted octanol–water partition coefficient (Wildman–Crippen LogP) is 3.95. The lowest BCUT2D eigenvalue weighted by Gasteiger charge is -2.37. The summed E-state index contributed by atoms with van der Waals surface area (Å²) in [5.74, 6) is 1.60. The van der Waals surface area contributed by atoms with Crippen molar-refractivity contribution in [2.24, 2.45) is 17.6 Å². The van der Waals surface area contributed by atoms with Crippen LogP contribution in [0.4, 0.5) is 5.69 Å². The fourth-order valence-corrected chi connectivity index (χ4v) is 3.19. The summed E-state index contributed by atoms with van der Waals surface area (Å²) in [6.45, 7) is 9.03. The Balaban J connectivity index is 2.19. The average Bonchev–Trinajstić information content (AvgIpc) is 2.32. The lowest BCUT2D eigenvalue weighted by atomic mass is 9.88. The minimum Gasteiger partial charge on any atom is -0.370 e. The van der Waals surface area contributed by atoms with Gasteiger partial charge >= 0.3 is 0 Å². The summed E-state index contributed by atoms with van der Waals surface area (Å²) >= 11 is 3.69. The van der Waals surface area contributed by atoms with E-state index in [9.17, 15) is 0 Å². The van der Waals surface area contributed by atoms with Crippen molar-refractivity contribution in [1.29, 1.82) is 0 Å². The number of nitrogens with two attached hydrogens (primary N) is 1. The largest absolute Gasteiger partial charge is 0.370 e. The zero-order valence-corrected chi connectivity index (χ0v) is 13.1. The topological polar surface area (TPSA) is 29.3 Å². The van der Waals surface area contributed by atoms with Gasteiger partial charge in [0.1, 0.15) is 0 Å². The van der Waals surface area contributed by atoms with Crippen LogP contribution in [0.2, 0.25) is 0 Å². The molecule has 0 spiro atoms. The Morgan fingerprint density at radius 3 is 2.61 bits per heavy atom. The number of benzene rings is 1. The average molecular weight is 311 g/mol. The number of nitrogens with zero attached hydrogens (tertiary/aromatic N) is 1. The van der Waals surface area contributed by atoms with Crippen molar-refractivity contribution in [2.75, 3.05) is 18.0 Å². The van der Waals surface area contributed by atoms with Gasteiger partial charge in [0.25, 0.3) is 0 Å². The second-order valence-corrected chi connectivity index (χ2v) is 6.54. The molecule has 0 aliphatic carbocycles. The number of anilines is 1. The number of halogens is 1. The summed E-state index contributed by atoms with van der Waals surface area (Å²) in [7, 11) is 0. The molecular weight excluding hydrogens is 288 g/mol. The lowest BCUT2D eigenvalue weighted by Crippen LogP contribution is -2.38. The maximum atomic E-state index is 5.92. The molecule has 1 fully saturated rings. The molecule has 1 aromatic carbocycles. The Labute approximate surface area is 119 Å². The van der Waals surface area contributed by atoms with Gasteiger partial charge in [-0.2, -0.15) is 0 Å². The van der Waals surface area contributed by atoms with Crippen molar-refractivity contribution in [1.82, 2.24) is 0 Å². The van der Waals surface area contributed by atoms with E-state index in [0.717, 1.165) is 24.9 Å². The molecule has 2 rings (SSSR count). The third-order valence-corrected chi connectivity index (χ3v) is 4.81. The van der Waals surface area contributed by atoms with Crippen LogP contribution in [0.25, 0.3) is 0 Å². The molecule has 3 atom stereocenters. The van der Waals surface area contributed by atoms with Gasteiger partial charge in [0.2, 0.25) is 0 Å². The van der Waals surface area contributed by atoms with Gasteiger partial charge in [0.15, 0.2) is 0 Å². The van der Waals surface area contributed by atoms with Crippen LogP contribution in [0.3, 0.4) is 0 Å². The van der Waals surface area contributed by atoms with Crippen molar-refractivity contribution in [3.63, 3.8) is 0 Å². The van der Waals surface area contributed by atoms with E-state index < -0.39 is 0 Å². The second-order valence-electron chi connectivity index (χ2n) is 5.69. The maximum Gasteiger partial charge on any atom is 0.0510 e. The highest BCUT2D eigenvalue weighted by Crippen LogP contribution is 2.33. The van der Waals surface area contributed by atoms with Crippen LogP contribution < -0.4 is 10.6 Å². The van der Waals surface area contributed by atoms with Gasteiger partial charge in [-0.3, -0.25) is 0 Å². The van der Waals surface area contributed by atoms with Crippen LogP contribution in [0, 0.1) is 11.8 Å². The molecule has 2 nitrogen and oxygen atoms in total. The molecule has 0 radical (unpaired) electrons. The van der Waals surface area contributed by atoms with Crippen molar-refractivity contribution >= 4 is 21.6 Å². The molecule has 0 bridgehead atoms. The summed E-state index contributed by atoms with van der Waals surface area (Å²) in [5, 5.41) is 0. The van der Waals surface area contributed by atoms with Crippen molar-refractivity contribution in [3.8, 4) is 0 Å². The monoisotopic (exact) mass is 310 g/mol. The smallest absolute Gasteiger partial charge is 0.0510 e. The van der Waals surface area contributed by atoms with E-state index in [0.29, 0.717) is 0 Å². The number of hydrogen-bond donors (Lipinski definition) is 1. The van der Waals surface area contributed by atoms with Crippen LogP contribution >= 0.6 is 15.9 Å². The molecule has 3 heteroatoms. The van der Waals surface area contributed by atoms with Crippen molar-refractivity contribution in [2.45, 2.75) is 33.2 Å². The van der Waals surface area contributed by atoms with Crippen LogP contribution in [0.5, 0.6) is 0 Å². The zero-order valence-electron chi connectivity index (χ0n) is 11.5. The van der Waals surface area contributed by atoms with Gasteiger partial charge in [-0.05, 0) is 58.8 Å². The van der Waals surface area contributed by atoms with Gasteiger partial charge in [-0.25, -0.2) is 0 Å².